The number of benzene rings is 2. The summed E-state index contributed by atoms with van der Waals surface area (Å²) in [5.74, 6) is 0.194. The van der Waals surface area contributed by atoms with Crippen LogP contribution in [0.4, 0.5) is 0 Å². The van der Waals surface area contributed by atoms with E-state index in [0.29, 0.717) is 17.8 Å². The molecule has 2 atom stereocenters. The molecule has 1 aliphatic carbocycles. The summed E-state index contributed by atoms with van der Waals surface area (Å²) in [6, 6.07) is 16.8. The largest absolute Gasteiger partial charge is 0.480 e. The number of hydrogen-bond donors (Lipinski definition) is 4. The van der Waals surface area contributed by atoms with E-state index in [0.717, 1.165) is 29.5 Å². The van der Waals surface area contributed by atoms with Crippen LogP contribution in [0.2, 0.25) is 0 Å². The van der Waals surface area contributed by atoms with Gasteiger partial charge in [-0.25, -0.2) is 4.98 Å². The van der Waals surface area contributed by atoms with Crippen molar-refractivity contribution in [1.82, 2.24) is 14.9 Å². The number of aliphatic hydroxyl groups is 2. The van der Waals surface area contributed by atoms with Crippen LogP contribution in [-0.4, -0.2) is 50.0 Å². The number of rotatable bonds is 10. The zero-order valence-electron chi connectivity index (χ0n) is 19.2. The Bertz CT molecular complexity index is 1110. The minimum absolute atomic E-state index is 0.0224. The van der Waals surface area contributed by atoms with Gasteiger partial charge in [-0.05, 0) is 47.9 Å². The maximum Gasteiger partial charge on any atom is 0.317 e. The van der Waals surface area contributed by atoms with Gasteiger partial charge in [0.05, 0.1) is 19.2 Å². The Balaban J connectivity index is 1.36. The van der Waals surface area contributed by atoms with Crippen LogP contribution < -0.4 is 5.32 Å². The molecule has 1 saturated carbocycles. The molecule has 3 aromatic rings. The second kappa shape index (κ2) is 10.8. The van der Waals surface area contributed by atoms with Gasteiger partial charge in [0.1, 0.15) is 11.9 Å². The first-order valence-electron chi connectivity index (χ1n) is 11.6. The minimum atomic E-state index is -0.814. The SMILES string of the molecule is C[C@H](O)c1nccn1[C@@H](/C=C/c1ccc(-c2ccc(C3CC(NCC(=O)O)C3)cc2)cc1)CO. The van der Waals surface area contributed by atoms with Crippen LogP contribution in [-0.2, 0) is 4.79 Å². The van der Waals surface area contributed by atoms with Gasteiger partial charge in [-0.2, -0.15) is 0 Å². The summed E-state index contributed by atoms with van der Waals surface area (Å²) in [6.07, 6.45) is 8.50. The molecule has 1 aromatic heterocycles. The number of carbonyl (C=O) groups is 1. The van der Waals surface area contributed by atoms with E-state index in [2.05, 4.69) is 46.7 Å². The number of imidazole rings is 1. The van der Waals surface area contributed by atoms with E-state index in [-0.39, 0.29) is 19.2 Å². The van der Waals surface area contributed by atoms with Crippen LogP contribution in [0.1, 0.15) is 54.8 Å². The van der Waals surface area contributed by atoms with Crippen LogP contribution in [0.5, 0.6) is 0 Å². The fraction of sp³-hybridized carbons (Fsp3) is 0.333. The maximum absolute atomic E-state index is 10.7. The van der Waals surface area contributed by atoms with E-state index in [1.54, 1.807) is 23.9 Å². The van der Waals surface area contributed by atoms with Crippen LogP contribution in [0.25, 0.3) is 17.2 Å². The number of hydrogen-bond acceptors (Lipinski definition) is 5. The van der Waals surface area contributed by atoms with E-state index in [1.165, 1.54) is 5.56 Å². The summed E-state index contributed by atoms with van der Waals surface area (Å²) in [6.45, 7) is 1.59. The lowest BCUT2D eigenvalue weighted by Crippen LogP contribution is -2.42. The summed E-state index contributed by atoms with van der Waals surface area (Å²) < 4.78 is 1.78. The summed E-state index contributed by atoms with van der Waals surface area (Å²) in [5, 5.41) is 31.5. The second-order valence-electron chi connectivity index (χ2n) is 8.86. The normalized spacial score (nSPS) is 19.6. The molecule has 0 spiro atoms. The molecule has 1 heterocycles. The molecule has 7 heteroatoms. The van der Waals surface area contributed by atoms with Crippen molar-refractivity contribution in [1.29, 1.82) is 0 Å². The van der Waals surface area contributed by atoms with Gasteiger partial charge in [0, 0.05) is 18.4 Å². The van der Waals surface area contributed by atoms with Crippen molar-refractivity contribution in [3.63, 3.8) is 0 Å². The molecule has 0 unspecified atom stereocenters. The molecule has 178 valence electrons. The van der Waals surface area contributed by atoms with Crippen molar-refractivity contribution >= 4 is 12.0 Å². The number of aliphatic carboxylic acids is 1. The third-order valence-corrected chi connectivity index (χ3v) is 6.43. The zero-order valence-corrected chi connectivity index (χ0v) is 19.2. The predicted octanol–water partition coefficient (Wildman–Crippen LogP) is 3.77. The molecule has 0 radical (unpaired) electrons. The van der Waals surface area contributed by atoms with Crippen LogP contribution in [0, 0.1) is 0 Å². The van der Waals surface area contributed by atoms with Crippen molar-refractivity contribution in [2.75, 3.05) is 13.2 Å². The molecule has 0 saturated heterocycles. The summed E-state index contributed by atoms with van der Waals surface area (Å²) in [7, 11) is 0. The van der Waals surface area contributed by atoms with E-state index in [9.17, 15) is 15.0 Å². The van der Waals surface area contributed by atoms with Gasteiger partial charge in [0.15, 0.2) is 0 Å². The van der Waals surface area contributed by atoms with Gasteiger partial charge in [0.25, 0.3) is 0 Å². The second-order valence-corrected chi connectivity index (χ2v) is 8.86. The van der Waals surface area contributed by atoms with Crippen LogP contribution >= 0.6 is 0 Å². The van der Waals surface area contributed by atoms with E-state index in [1.807, 2.05) is 24.3 Å². The van der Waals surface area contributed by atoms with Crippen LogP contribution in [0.15, 0.2) is 67.0 Å². The lowest BCUT2D eigenvalue weighted by atomic mass is 9.75. The highest BCUT2D eigenvalue weighted by Crippen LogP contribution is 2.37. The Hall–Kier alpha value is -3.26. The summed E-state index contributed by atoms with van der Waals surface area (Å²) in [4.78, 5) is 14.8. The molecule has 0 amide bonds. The highest BCUT2D eigenvalue weighted by molar-refractivity contribution is 5.69. The molecule has 2 aromatic carbocycles. The minimum Gasteiger partial charge on any atom is -0.480 e. The third-order valence-electron chi connectivity index (χ3n) is 6.43. The van der Waals surface area contributed by atoms with Gasteiger partial charge in [-0.15, -0.1) is 0 Å². The Morgan fingerprint density at radius 1 is 1.15 bits per heavy atom. The lowest BCUT2D eigenvalue weighted by Gasteiger charge is -2.36. The molecule has 0 aliphatic heterocycles. The van der Waals surface area contributed by atoms with Crippen molar-refractivity contribution in [3.8, 4) is 11.1 Å². The first-order valence-corrected chi connectivity index (χ1v) is 11.6. The standard InChI is InChI=1S/C27H31N3O4/c1-18(32)27-28-12-13-30(27)25(17-31)11-4-19-2-5-20(6-3-19)21-7-9-22(10-8-21)23-14-24(15-23)29-16-26(33)34/h2-13,18,23-25,29,31-32H,14-17H2,1H3,(H,33,34)/b11-4+/t18-,23?,24?,25-/m0/s1. The van der Waals surface area contributed by atoms with Gasteiger partial charge in [-0.1, -0.05) is 60.7 Å². The Labute approximate surface area is 199 Å². The zero-order chi connectivity index (χ0) is 24.1. The van der Waals surface area contributed by atoms with Crippen molar-refractivity contribution < 1.29 is 20.1 Å². The highest BCUT2D eigenvalue weighted by atomic mass is 16.4. The van der Waals surface area contributed by atoms with Gasteiger partial charge >= 0.3 is 5.97 Å². The first kappa shape index (κ1) is 23.9. The van der Waals surface area contributed by atoms with E-state index < -0.39 is 12.1 Å². The fourth-order valence-corrected chi connectivity index (χ4v) is 4.42. The van der Waals surface area contributed by atoms with Crippen molar-refractivity contribution in [2.45, 2.75) is 43.9 Å². The first-order chi connectivity index (χ1) is 16.4. The predicted molar refractivity (Wildman–Crippen MR) is 131 cm³/mol. The summed E-state index contributed by atoms with van der Waals surface area (Å²) in [5.41, 5.74) is 4.59. The average molecular weight is 462 g/mol. The third kappa shape index (κ3) is 5.62. The maximum atomic E-state index is 10.7. The summed E-state index contributed by atoms with van der Waals surface area (Å²) >= 11 is 0. The Morgan fingerprint density at radius 2 is 1.79 bits per heavy atom. The molecule has 4 rings (SSSR count). The lowest BCUT2D eigenvalue weighted by molar-refractivity contribution is -0.136. The molecule has 7 nitrogen and oxygen atoms in total. The van der Waals surface area contributed by atoms with E-state index >= 15 is 0 Å². The number of aromatic nitrogens is 2. The van der Waals surface area contributed by atoms with Crippen molar-refractivity contribution in [2.24, 2.45) is 0 Å². The molecule has 1 fully saturated rings. The Morgan fingerprint density at radius 3 is 2.38 bits per heavy atom. The number of nitrogens with zero attached hydrogens (tertiary/aromatic N) is 2. The molecule has 4 N–H and O–H groups in total. The number of carboxylic acid groups (broad SMARTS) is 1. The molecule has 34 heavy (non-hydrogen) atoms. The number of nitrogens with one attached hydrogen (secondary N) is 1. The monoisotopic (exact) mass is 461 g/mol. The van der Waals surface area contributed by atoms with E-state index in [4.69, 9.17) is 5.11 Å². The molecular weight excluding hydrogens is 430 g/mol. The molecule has 1 aliphatic rings. The fourth-order valence-electron chi connectivity index (χ4n) is 4.42. The number of carboxylic acids is 1. The van der Waals surface area contributed by atoms with Crippen LogP contribution in [0.3, 0.4) is 0 Å². The topological polar surface area (TPSA) is 108 Å². The van der Waals surface area contributed by atoms with Crippen molar-refractivity contribution in [3.05, 3.63) is 84.0 Å². The molecular formula is C27H31N3O4. The van der Waals surface area contributed by atoms with Gasteiger partial charge in [-0.3, -0.25) is 4.79 Å². The average Bonchev–Trinajstić information content (AvgIpc) is 3.29. The van der Waals surface area contributed by atoms with Gasteiger partial charge in [0.2, 0.25) is 0 Å². The smallest absolute Gasteiger partial charge is 0.317 e. The number of aliphatic hydroxyl groups excluding tert-OH is 2. The Kier molecular flexibility index (Phi) is 7.57. The van der Waals surface area contributed by atoms with Gasteiger partial charge < -0.3 is 25.2 Å². The quantitative estimate of drug-likeness (QED) is 0.366. The highest BCUT2D eigenvalue weighted by Gasteiger charge is 2.30. The molecule has 0 bridgehead atoms.